The third-order valence-corrected chi connectivity index (χ3v) is 7.09. The molecule has 144 valence electrons. The van der Waals surface area contributed by atoms with Gasteiger partial charge in [-0.1, -0.05) is 54.6 Å². The van der Waals surface area contributed by atoms with Gasteiger partial charge in [0.05, 0.1) is 0 Å². The lowest BCUT2D eigenvalue weighted by Gasteiger charge is -2.05. The second-order valence-corrected chi connectivity index (χ2v) is 8.72. The highest BCUT2D eigenvalue weighted by molar-refractivity contribution is 7.26. The molecule has 0 saturated heterocycles. The molecule has 0 atom stereocenters. The van der Waals surface area contributed by atoms with Gasteiger partial charge >= 0.3 is 0 Å². The summed E-state index contributed by atoms with van der Waals surface area (Å²) in [6, 6.07) is 24.0. The fourth-order valence-electron chi connectivity index (χ4n) is 4.58. The van der Waals surface area contributed by atoms with Gasteiger partial charge in [-0.25, -0.2) is 0 Å². The number of allylic oxidation sites excluding steroid dienone is 4. The largest absolute Gasteiger partial charge is 0.455 e. The molecule has 0 bridgehead atoms. The molecule has 0 aliphatic rings. The van der Waals surface area contributed by atoms with Crippen LogP contribution in [0.3, 0.4) is 0 Å². The average Bonchev–Trinajstić information content (AvgIpc) is 3.35. The second kappa shape index (κ2) is 6.58. The van der Waals surface area contributed by atoms with Crippen LogP contribution in [0.15, 0.2) is 89.4 Å². The zero-order chi connectivity index (χ0) is 20.2. The predicted molar refractivity (Wildman–Crippen MR) is 133 cm³/mol. The van der Waals surface area contributed by atoms with E-state index in [9.17, 15) is 0 Å². The van der Waals surface area contributed by atoms with Crippen LogP contribution in [0.2, 0.25) is 0 Å². The van der Waals surface area contributed by atoms with E-state index in [1.807, 2.05) is 17.4 Å². The van der Waals surface area contributed by atoms with Gasteiger partial charge in [-0.3, -0.25) is 0 Å². The van der Waals surface area contributed by atoms with Crippen LogP contribution in [0, 0.1) is 0 Å². The van der Waals surface area contributed by atoms with Crippen LogP contribution in [0.25, 0.3) is 58.5 Å². The summed E-state index contributed by atoms with van der Waals surface area (Å²) in [5, 5.41) is 7.40. The van der Waals surface area contributed by atoms with Crippen molar-refractivity contribution in [2.75, 3.05) is 0 Å². The molecule has 0 N–H and O–H groups in total. The van der Waals surface area contributed by atoms with Crippen LogP contribution in [-0.4, -0.2) is 0 Å². The van der Waals surface area contributed by atoms with Crippen LogP contribution in [0.4, 0.5) is 0 Å². The third-order valence-electron chi connectivity index (χ3n) is 5.95. The number of thiophene rings is 1. The van der Waals surface area contributed by atoms with E-state index in [-0.39, 0.29) is 0 Å². The molecule has 0 saturated carbocycles. The standard InChI is InChI=1S/C28H20OS/c1-3-7-17(4-2)19-12-14-24-22(16-19)27-25(30-24)15-11-18-10-13-21-20-8-5-6-9-23(20)29-28(21)26(18)27/h3-16H,1-2H3/b7-3-,17-4+. The van der Waals surface area contributed by atoms with Gasteiger partial charge in [0.1, 0.15) is 11.2 Å². The van der Waals surface area contributed by atoms with Gasteiger partial charge in [0.2, 0.25) is 0 Å². The fraction of sp³-hybridized carbons (Fsp3) is 0.0714. The molecule has 30 heavy (non-hydrogen) atoms. The third kappa shape index (κ3) is 2.41. The highest BCUT2D eigenvalue weighted by atomic mass is 32.1. The van der Waals surface area contributed by atoms with Gasteiger partial charge in [0.15, 0.2) is 0 Å². The quantitative estimate of drug-likeness (QED) is 0.262. The molecule has 2 aromatic heterocycles. The van der Waals surface area contributed by atoms with E-state index >= 15 is 0 Å². The molecular weight excluding hydrogens is 384 g/mol. The molecule has 0 spiro atoms. The number of fused-ring (bicyclic) bond motifs is 9. The Morgan fingerprint density at radius 1 is 0.800 bits per heavy atom. The summed E-state index contributed by atoms with van der Waals surface area (Å²) in [6.07, 6.45) is 6.44. The van der Waals surface area contributed by atoms with Crippen molar-refractivity contribution < 1.29 is 4.42 Å². The maximum absolute atomic E-state index is 6.41. The van der Waals surface area contributed by atoms with E-state index in [0.717, 1.165) is 11.2 Å². The Morgan fingerprint density at radius 2 is 1.63 bits per heavy atom. The van der Waals surface area contributed by atoms with Crippen molar-refractivity contribution in [2.24, 2.45) is 0 Å². The summed E-state index contributed by atoms with van der Waals surface area (Å²) in [5.74, 6) is 0. The zero-order valence-electron chi connectivity index (χ0n) is 16.9. The molecule has 6 aromatic rings. The summed E-state index contributed by atoms with van der Waals surface area (Å²) in [5.41, 5.74) is 4.43. The normalized spacial score (nSPS) is 13.1. The van der Waals surface area contributed by atoms with Crippen molar-refractivity contribution in [3.05, 3.63) is 90.5 Å². The first kappa shape index (κ1) is 17.5. The Balaban J connectivity index is 1.80. The summed E-state index contributed by atoms with van der Waals surface area (Å²) < 4.78 is 9.02. The van der Waals surface area contributed by atoms with Gasteiger partial charge in [-0.2, -0.15) is 0 Å². The minimum atomic E-state index is 0.946. The molecule has 0 radical (unpaired) electrons. The maximum Gasteiger partial charge on any atom is 0.143 e. The minimum absolute atomic E-state index is 0.946. The van der Waals surface area contributed by atoms with Crippen molar-refractivity contribution in [1.82, 2.24) is 0 Å². The van der Waals surface area contributed by atoms with E-state index in [0.29, 0.717) is 0 Å². The van der Waals surface area contributed by atoms with Crippen LogP contribution in [-0.2, 0) is 0 Å². The van der Waals surface area contributed by atoms with E-state index < -0.39 is 0 Å². The van der Waals surface area contributed by atoms with Crippen molar-refractivity contribution in [1.29, 1.82) is 0 Å². The lowest BCUT2D eigenvalue weighted by molar-refractivity contribution is 0.673. The topological polar surface area (TPSA) is 13.1 Å². The molecule has 0 amide bonds. The molecule has 0 unspecified atom stereocenters. The van der Waals surface area contributed by atoms with Crippen molar-refractivity contribution in [2.45, 2.75) is 13.8 Å². The van der Waals surface area contributed by atoms with Gasteiger partial charge in [-0.05, 0) is 60.7 Å². The zero-order valence-corrected chi connectivity index (χ0v) is 17.7. The van der Waals surface area contributed by atoms with Crippen molar-refractivity contribution in [3.63, 3.8) is 0 Å². The van der Waals surface area contributed by atoms with Crippen LogP contribution >= 0.6 is 11.3 Å². The molecule has 6 rings (SSSR count). The molecular formula is C28H20OS. The summed E-state index contributed by atoms with van der Waals surface area (Å²) in [4.78, 5) is 0. The molecule has 2 heterocycles. The lowest BCUT2D eigenvalue weighted by Crippen LogP contribution is -1.81. The second-order valence-electron chi connectivity index (χ2n) is 7.63. The minimum Gasteiger partial charge on any atom is -0.455 e. The SMILES string of the molecule is C/C=C\C(=C/C)c1ccc2sc3ccc4ccc5c6ccccc6oc5c4c3c2c1. The van der Waals surface area contributed by atoms with Crippen molar-refractivity contribution >= 4 is 69.8 Å². The number of furan rings is 1. The highest BCUT2D eigenvalue weighted by Gasteiger charge is 2.16. The first-order valence-electron chi connectivity index (χ1n) is 10.3. The molecule has 0 aliphatic carbocycles. The van der Waals surface area contributed by atoms with E-state index in [4.69, 9.17) is 4.42 Å². The number of hydrogen-bond donors (Lipinski definition) is 0. The Morgan fingerprint density at radius 3 is 2.50 bits per heavy atom. The summed E-state index contributed by atoms with van der Waals surface area (Å²) >= 11 is 1.85. The van der Waals surface area contributed by atoms with Gasteiger partial charge in [0, 0.05) is 36.3 Å². The first-order valence-corrected chi connectivity index (χ1v) is 11.1. The maximum atomic E-state index is 6.41. The highest BCUT2D eigenvalue weighted by Crippen LogP contribution is 2.43. The van der Waals surface area contributed by atoms with Gasteiger partial charge in [0.25, 0.3) is 0 Å². The van der Waals surface area contributed by atoms with Crippen LogP contribution in [0.1, 0.15) is 19.4 Å². The van der Waals surface area contributed by atoms with Crippen LogP contribution < -0.4 is 0 Å². The molecule has 0 aliphatic heterocycles. The molecule has 4 aromatic carbocycles. The van der Waals surface area contributed by atoms with E-state index in [1.165, 1.54) is 52.9 Å². The molecule has 2 heteroatoms. The Bertz CT molecular complexity index is 1660. The van der Waals surface area contributed by atoms with Crippen molar-refractivity contribution in [3.8, 4) is 0 Å². The van der Waals surface area contributed by atoms with E-state index in [2.05, 4.69) is 92.7 Å². The number of benzene rings is 4. The Labute approximate surface area is 178 Å². The van der Waals surface area contributed by atoms with Gasteiger partial charge in [-0.15, -0.1) is 11.3 Å². The van der Waals surface area contributed by atoms with E-state index in [1.54, 1.807) is 0 Å². The number of rotatable bonds is 2. The summed E-state index contributed by atoms with van der Waals surface area (Å²) in [6.45, 7) is 4.16. The smallest absolute Gasteiger partial charge is 0.143 e. The average molecular weight is 405 g/mol. The first-order chi connectivity index (χ1) is 14.8. The molecule has 1 nitrogen and oxygen atoms in total. The summed E-state index contributed by atoms with van der Waals surface area (Å²) in [7, 11) is 0. The van der Waals surface area contributed by atoms with Crippen LogP contribution in [0.5, 0.6) is 0 Å². The monoisotopic (exact) mass is 404 g/mol. The fourth-order valence-corrected chi connectivity index (χ4v) is 5.67. The number of para-hydroxylation sites is 1. The Kier molecular flexibility index (Phi) is 3.84. The Hall–Kier alpha value is -3.36. The molecule has 0 fully saturated rings. The van der Waals surface area contributed by atoms with Gasteiger partial charge < -0.3 is 4.42 Å². The number of hydrogen-bond acceptors (Lipinski definition) is 2. The lowest BCUT2D eigenvalue weighted by atomic mass is 9.98. The predicted octanol–water partition coefficient (Wildman–Crippen LogP) is 9.09.